The van der Waals surface area contributed by atoms with Gasteiger partial charge in [0.2, 0.25) is 0 Å². The second-order valence-electron chi connectivity index (χ2n) is 8.03. The number of urea groups is 1. The Balaban J connectivity index is 1.65. The van der Waals surface area contributed by atoms with E-state index in [2.05, 4.69) is 12.2 Å². The van der Waals surface area contributed by atoms with Crippen molar-refractivity contribution < 1.29 is 24.5 Å². The van der Waals surface area contributed by atoms with Crippen molar-refractivity contribution in [2.75, 3.05) is 19.7 Å². The highest BCUT2D eigenvalue weighted by molar-refractivity contribution is 5.76. The van der Waals surface area contributed by atoms with E-state index in [-0.39, 0.29) is 25.1 Å². The van der Waals surface area contributed by atoms with Crippen molar-refractivity contribution in [3.63, 3.8) is 0 Å². The molecule has 1 fully saturated rings. The van der Waals surface area contributed by atoms with E-state index < -0.39 is 12.1 Å². The molecule has 1 aliphatic heterocycles. The number of hydrogen-bond donors (Lipinski definition) is 3. The summed E-state index contributed by atoms with van der Waals surface area (Å²) in [6.07, 6.45) is 6.64. The van der Waals surface area contributed by atoms with Gasteiger partial charge in [-0.1, -0.05) is 44.7 Å². The Morgan fingerprint density at radius 3 is 2.67 bits per heavy atom. The van der Waals surface area contributed by atoms with Gasteiger partial charge in [-0.3, -0.25) is 4.79 Å². The minimum Gasteiger partial charge on any atom is -0.491 e. The average Bonchev–Trinajstić information content (AvgIpc) is 3.08. The standard InChI is InChI=1S/C23H36N2O5/c1-2-7-18-10-12-21(13-11-18)30-17-20(26)14-15-25-19(16-24-23(25)29)8-5-3-4-6-9-22(27)28/h10-13,19-20,26H,2-9,14-17H2,1H3,(H,24,29)(H,27,28). The number of benzene rings is 1. The van der Waals surface area contributed by atoms with Crippen LogP contribution in [0.15, 0.2) is 24.3 Å². The molecule has 1 aromatic carbocycles. The Kier molecular flexibility index (Phi) is 10.5. The number of nitrogens with one attached hydrogen (secondary N) is 1. The third kappa shape index (κ3) is 8.61. The minimum atomic E-state index is -0.747. The summed E-state index contributed by atoms with van der Waals surface area (Å²) in [7, 11) is 0. The summed E-state index contributed by atoms with van der Waals surface area (Å²) in [5.41, 5.74) is 1.28. The zero-order valence-corrected chi connectivity index (χ0v) is 18.0. The first-order chi connectivity index (χ1) is 14.5. The van der Waals surface area contributed by atoms with Gasteiger partial charge in [-0.15, -0.1) is 0 Å². The van der Waals surface area contributed by atoms with Crippen LogP contribution >= 0.6 is 0 Å². The van der Waals surface area contributed by atoms with Crippen LogP contribution < -0.4 is 10.1 Å². The van der Waals surface area contributed by atoms with Crippen LogP contribution in [0.1, 0.15) is 63.9 Å². The maximum atomic E-state index is 12.1. The lowest BCUT2D eigenvalue weighted by Crippen LogP contribution is -2.37. The highest BCUT2D eigenvalue weighted by atomic mass is 16.5. The van der Waals surface area contributed by atoms with E-state index in [0.29, 0.717) is 25.9 Å². The molecule has 0 spiro atoms. The molecule has 7 heteroatoms. The maximum Gasteiger partial charge on any atom is 0.317 e. The Morgan fingerprint density at radius 2 is 1.97 bits per heavy atom. The number of carboxylic acids is 1. The average molecular weight is 421 g/mol. The highest BCUT2D eigenvalue weighted by Crippen LogP contribution is 2.17. The molecule has 168 valence electrons. The van der Waals surface area contributed by atoms with Gasteiger partial charge in [0.25, 0.3) is 0 Å². The van der Waals surface area contributed by atoms with E-state index in [1.165, 1.54) is 5.56 Å². The fourth-order valence-corrected chi connectivity index (χ4v) is 3.74. The first kappa shape index (κ1) is 24.0. The van der Waals surface area contributed by atoms with Crippen LogP contribution in [0.5, 0.6) is 5.75 Å². The van der Waals surface area contributed by atoms with Crippen molar-refractivity contribution in [1.29, 1.82) is 0 Å². The van der Waals surface area contributed by atoms with E-state index in [1.54, 1.807) is 4.90 Å². The number of nitrogens with zero attached hydrogens (tertiary/aromatic N) is 1. The van der Waals surface area contributed by atoms with Crippen molar-refractivity contribution >= 4 is 12.0 Å². The fourth-order valence-electron chi connectivity index (χ4n) is 3.74. The van der Waals surface area contributed by atoms with Gasteiger partial charge in [-0.2, -0.15) is 0 Å². The van der Waals surface area contributed by atoms with Gasteiger partial charge in [0.05, 0.1) is 12.1 Å². The Morgan fingerprint density at radius 1 is 1.23 bits per heavy atom. The molecule has 3 N–H and O–H groups in total. The van der Waals surface area contributed by atoms with E-state index in [4.69, 9.17) is 9.84 Å². The zero-order valence-electron chi connectivity index (χ0n) is 18.0. The van der Waals surface area contributed by atoms with E-state index in [1.807, 2.05) is 24.3 Å². The number of ether oxygens (including phenoxy) is 1. The molecule has 0 bridgehead atoms. The smallest absolute Gasteiger partial charge is 0.317 e. The van der Waals surface area contributed by atoms with Gasteiger partial charge in [0, 0.05) is 19.5 Å². The molecule has 2 rings (SSSR count). The molecular formula is C23H36N2O5. The maximum absolute atomic E-state index is 12.1. The van der Waals surface area contributed by atoms with Crippen molar-refractivity contribution in [3.8, 4) is 5.75 Å². The third-order valence-electron chi connectivity index (χ3n) is 5.48. The molecule has 2 amide bonds. The van der Waals surface area contributed by atoms with Crippen LogP contribution in [0.2, 0.25) is 0 Å². The van der Waals surface area contributed by atoms with Gasteiger partial charge in [-0.05, 0) is 43.4 Å². The first-order valence-electron chi connectivity index (χ1n) is 11.2. The molecule has 7 nitrogen and oxygen atoms in total. The van der Waals surface area contributed by atoms with Crippen molar-refractivity contribution in [3.05, 3.63) is 29.8 Å². The summed E-state index contributed by atoms with van der Waals surface area (Å²) in [5.74, 6) is -0.00333. The Labute approximate surface area is 179 Å². The summed E-state index contributed by atoms with van der Waals surface area (Å²) in [5, 5.41) is 21.8. The van der Waals surface area contributed by atoms with E-state index in [0.717, 1.165) is 44.3 Å². The van der Waals surface area contributed by atoms with Gasteiger partial charge in [-0.25, -0.2) is 4.79 Å². The van der Waals surface area contributed by atoms with Gasteiger partial charge in [0.15, 0.2) is 0 Å². The SMILES string of the molecule is CCCc1ccc(OCC(O)CCN2C(=O)NCC2CCCCCCC(=O)O)cc1. The lowest BCUT2D eigenvalue weighted by atomic mass is 10.1. The molecule has 1 saturated heterocycles. The largest absolute Gasteiger partial charge is 0.491 e. The number of carbonyl (C=O) groups excluding carboxylic acids is 1. The molecule has 1 aromatic rings. The molecule has 2 unspecified atom stereocenters. The first-order valence-corrected chi connectivity index (χ1v) is 11.2. The number of aliphatic carboxylic acids is 1. The number of unbranched alkanes of at least 4 members (excludes halogenated alkanes) is 3. The molecule has 0 radical (unpaired) electrons. The molecule has 30 heavy (non-hydrogen) atoms. The summed E-state index contributed by atoms with van der Waals surface area (Å²) >= 11 is 0. The predicted molar refractivity (Wildman–Crippen MR) is 116 cm³/mol. The monoisotopic (exact) mass is 420 g/mol. The third-order valence-corrected chi connectivity index (χ3v) is 5.48. The number of carboxylic acid groups (broad SMARTS) is 1. The van der Waals surface area contributed by atoms with Crippen molar-refractivity contribution in [2.45, 2.75) is 76.9 Å². The summed E-state index contributed by atoms with van der Waals surface area (Å²) in [4.78, 5) is 24.4. The van der Waals surface area contributed by atoms with E-state index in [9.17, 15) is 14.7 Å². The number of aryl methyl sites for hydroxylation is 1. The highest BCUT2D eigenvalue weighted by Gasteiger charge is 2.30. The van der Waals surface area contributed by atoms with Gasteiger partial charge >= 0.3 is 12.0 Å². The number of hydrogen-bond acceptors (Lipinski definition) is 4. The van der Waals surface area contributed by atoms with Crippen LogP contribution in [-0.4, -0.2) is 59.0 Å². The second kappa shape index (κ2) is 13.1. The lowest BCUT2D eigenvalue weighted by Gasteiger charge is -2.24. The molecule has 1 heterocycles. The molecule has 0 aliphatic carbocycles. The summed E-state index contributed by atoms with van der Waals surface area (Å²) in [6, 6.07) is 8.01. The zero-order chi connectivity index (χ0) is 21.8. The summed E-state index contributed by atoms with van der Waals surface area (Å²) < 4.78 is 5.68. The molecular weight excluding hydrogens is 384 g/mol. The normalized spacial score (nSPS) is 17.1. The quantitative estimate of drug-likeness (QED) is 0.377. The number of aliphatic hydroxyl groups excluding tert-OH is 1. The Hall–Kier alpha value is -2.28. The number of rotatable bonds is 15. The van der Waals surface area contributed by atoms with Crippen LogP contribution in [0.4, 0.5) is 4.79 Å². The van der Waals surface area contributed by atoms with Gasteiger partial charge < -0.3 is 25.2 Å². The minimum absolute atomic E-state index is 0.0782. The lowest BCUT2D eigenvalue weighted by molar-refractivity contribution is -0.137. The molecule has 0 aromatic heterocycles. The fraction of sp³-hybridized carbons (Fsp3) is 0.652. The predicted octanol–water partition coefficient (Wildman–Crippen LogP) is 3.59. The number of carbonyl (C=O) groups is 2. The molecule has 0 saturated carbocycles. The van der Waals surface area contributed by atoms with Gasteiger partial charge in [0.1, 0.15) is 12.4 Å². The van der Waals surface area contributed by atoms with Crippen molar-refractivity contribution in [1.82, 2.24) is 10.2 Å². The topological polar surface area (TPSA) is 99.1 Å². The molecule has 1 aliphatic rings. The van der Waals surface area contributed by atoms with Crippen LogP contribution in [0.3, 0.4) is 0 Å². The van der Waals surface area contributed by atoms with E-state index >= 15 is 0 Å². The summed E-state index contributed by atoms with van der Waals surface area (Å²) in [6.45, 7) is 3.48. The van der Waals surface area contributed by atoms with Crippen LogP contribution in [-0.2, 0) is 11.2 Å². The number of aliphatic hydroxyl groups is 1. The molecule has 2 atom stereocenters. The number of amides is 2. The van der Waals surface area contributed by atoms with Crippen LogP contribution in [0.25, 0.3) is 0 Å². The Bertz CT molecular complexity index is 649. The van der Waals surface area contributed by atoms with Crippen LogP contribution in [0, 0.1) is 0 Å². The van der Waals surface area contributed by atoms with Crippen molar-refractivity contribution in [2.24, 2.45) is 0 Å². The second-order valence-corrected chi connectivity index (χ2v) is 8.03.